The van der Waals surface area contributed by atoms with Gasteiger partial charge in [0.1, 0.15) is 6.61 Å². The summed E-state index contributed by atoms with van der Waals surface area (Å²) in [5.41, 5.74) is 9.57. The first-order valence-corrected chi connectivity index (χ1v) is 5.07. The van der Waals surface area contributed by atoms with Gasteiger partial charge in [0.25, 0.3) is 0 Å². The summed E-state index contributed by atoms with van der Waals surface area (Å²) in [5, 5.41) is 22.1. The van der Waals surface area contributed by atoms with Crippen LogP contribution in [0.1, 0.15) is 5.56 Å². The van der Waals surface area contributed by atoms with Gasteiger partial charge in [-0.05, 0) is 11.1 Å². The van der Waals surface area contributed by atoms with Crippen LogP contribution in [-0.4, -0.2) is 14.9 Å². The monoisotopic (exact) mass is 246 g/mol. The van der Waals surface area contributed by atoms with E-state index in [-0.39, 0.29) is 18.4 Å². The van der Waals surface area contributed by atoms with E-state index in [4.69, 9.17) is 10.4 Å². The molecule has 1 aromatic carbocycles. The van der Waals surface area contributed by atoms with Crippen LogP contribution in [0, 0.1) is 0 Å². The molecule has 1 aromatic heterocycles. The highest BCUT2D eigenvalue weighted by Crippen LogP contribution is 2.19. The van der Waals surface area contributed by atoms with E-state index in [1.165, 1.54) is 12.1 Å². The highest BCUT2D eigenvalue weighted by molar-refractivity contribution is 5.38. The number of rotatable bonds is 4. The van der Waals surface area contributed by atoms with Gasteiger partial charge in [0.15, 0.2) is 0 Å². The van der Waals surface area contributed by atoms with Gasteiger partial charge in [0.2, 0.25) is 11.8 Å². The molecule has 2 rings (SSSR count). The Bertz CT molecular complexity index is 565. The molecule has 0 radical (unpaired) electrons. The zero-order valence-corrected chi connectivity index (χ0v) is 9.26. The first-order chi connectivity index (χ1) is 8.70. The van der Waals surface area contributed by atoms with E-state index in [2.05, 4.69) is 10.0 Å². The van der Waals surface area contributed by atoms with Crippen LogP contribution in [0.2, 0.25) is 0 Å². The minimum atomic E-state index is -0.182. The van der Waals surface area contributed by atoms with Crippen molar-refractivity contribution >= 4 is 5.69 Å². The molecule has 0 aliphatic rings. The van der Waals surface area contributed by atoms with Gasteiger partial charge >= 0.3 is 0 Å². The van der Waals surface area contributed by atoms with Crippen LogP contribution >= 0.6 is 0 Å². The summed E-state index contributed by atoms with van der Waals surface area (Å²) < 4.78 is 0.918. The second-order valence-electron chi connectivity index (χ2n) is 3.47. The minimum Gasteiger partial charge on any atom is -0.492 e. The fourth-order valence-corrected chi connectivity index (χ4v) is 1.38. The van der Waals surface area contributed by atoms with E-state index in [1.54, 1.807) is 24.3 Å². The Hall–Kier alpha value is -2.79. The van der Waals surface area contributed by atoms with Gasteiger partial charge in [0.05, 0.1) is 0 Å². The third kappa shape index (κ3) is 2.47. The Morgan fingerprint density at radius 2 is 1.72 bits per heavy atom. The Morgan fingerprint density at radius 3 is 2.28 bits per heavy atom. The molecule has 0 unspecified atom stereocenters. The van der Waals surface area contributed by atoms with Crippen LogP contribution in [0.25, 0.3) is 10.4 Å². The fourth-order valence-electron chi connectivity index (χ4n) is 1.38. The molecule has 0 saturated heterocycles. The molecule has 0 fully saturated rings. The molecule has 0 spiro atoms. The first-order valence-electron chi connectivity index (χ1n) is 5.07. The van der Waals surface area contributed by atoms with Crippen molar-refractivity contribution < 1.29 is 15.1 Å². The summed E-state index contributed by atoms with van der Waals surface area (Å²) in [6.45, 7) is 0.159. The molecular formula is C11H10N4O3. The van der Waals surface area contributed by atoms with Crippen molar-refractivity contribution in [3.8, 4) is 11.8 Å². The molecule has 0 saturated carbocycles. The minimum absolute atomic E-state index is 0.159. The van der Waals surface area contributed by atoms with Crippen molar-refractivity contribution in [3.05, 3.63) is 52.4 Å². The number of benzene rings is 1. The summed E-state index contributed by atoms with van der Waals surface area (Å²) >= 11 is 0. The molecule has 0 aliphatic carbocycles. The molecular weight excluding hydrogens is 236 g/mol. The Labute approximate surface area is 102 Å². The van der Waals surface area contributed by atoms with E-state index < -0.39 is 0 Å². The van der Waals surface area contributed by atoms with Crippen molar-refractivity contribution in [1.29, 1.82) is 0 Å². The lowest BCUT2D eigenvalue weighted by molar-refractivity contribution is 0.0643. The van der Waals surface area contributed by atoms with Gasteiger partial charge in [-0.2, -0.15) is 0 Å². The number of aromatic hydroxyl groups is 2. The highest BCUT2D eigenvalue weighted by Gasteiger charge is 2.06. The summed E-state index contributed by atoms with van der Waals surface area (Å²) in [7, 11) is 0. The number of hydrogen-bond acceptors (Lipinski definition) is 4. The standard InChI is InChI=1S/C11H10N4O3/c12-14-13-9-3-1-8(2-4-9)7-18-15-10(16)5-6-11(15)17/h1-6,16-17H,7H2. The van der Waals surface area contributed by atoms with Crippen molar-refractivity contribution in [3.63, 3.8) is 0 Å². The van der Waals surface area contributed by atoms with Crippen molar-refractivity contribution in [2.24, 2.45) is 5.11 Å². The molecule has 18 heavy (non-hydrogen) atoms. The predicted molar refractivity (Wildman–Crippen MR) is 63.3 cm³/mol. The normalized spacial score (nSPS) is 9.78. The number of nitrogens with zero attached hydrogens (tertiary/aromatic N) is 4. The van der Waals surface area contributed by atoms with Crippen LogP contribution in [-0.2, 0) is 6.61 Å². The van der Waals surface area contributed by atoms with Crippen LogP contribution in [0.15, 0.2) is 41.5 Å². The second-order valence-corrected chi connectivity index (χ2v) is 3.47. The number of hydrogen-bond donors (Lipinski definition) is 2. The molecule has 2 aromatic rings. The van der Waals surface area contributed by atoms with E-state index >= 15 is 0 Å². The molecule has 0 amide bonds. The smallest absolute Gasteiger partial charge is 0.229 e. The molecule has 2 N–H and O–H groups in total. The molecule has 0 aliphatic heterocycles. The summed E-state index contributed by atoms with van der Waals surface area (Å²) in [5.74, 6) is -0.364. The Balaban J connectivity index is 2.04. The summed E-state index contributed by atoms with van der Waals surface area (Å²) in [6.07, 6.45) is 0. The molecule has 7 nitrogen and oxygen atoms in total. The van der Waals surface area contributed by atoms with E-state index in [0.29, 0.717) is 5.69 Å². The average molecular weight is 246 g/mol. The van der Waals surface area contributed by atoms with Crippen molar-refractivity contribution in [2.45, 2.75) is 6.61 Å². The zero-order valence-electron chi connectivity index (χ0n) is 9.26. The lowest BCUT2D eigenvalue weighted by Crippen LogP contribution is -2.09. The maximum Gasteiger partial charge on any atom is 0.229 e. The molecule has 0 bridgehead atoms. The van der Waals surface area contributed by atoms with Gasteiger partial charge < -0.3 is 15.1 Å². The SMILES string of the molecule is [N-]=[N+]=Nc1ccc(COn2c(O)ccc2O)cc1. The van der Waals surface area contributed by atoms with Gasteiger partial charge in [-0.25, -0.2) is 0 Å². The Morgan fingerprint density at radius 1 is 1.11 bits per heavy atom. The number of azide groups is 1. The van der Waals surface area contributed by atoms with E-state index in [1.807, 2.05) is 0 Å². The highest BCUT2D eigenvalue weighted by atomic mass is 16.7. The van der Waals surface area contributed by atoms with Crippen LogP contribution in [0.3, 0.4) is 0 Å². The van der Waals surface area contributed by atoms with Crippen molar-refractivity contribution in [2.75, 3.05) is 0 Å². The lowest BCUT2D eigenvalue weighted by Gasteiger charge is -2.08. The van der Waals surface area contributed by atoms with Crippen LogP contribution in [0.4, 0.5) is 5.69 Å². The Kier molecular flexibility index (Phi) is 3.26. The maximum absolute atomic E-state index is 9.35. The predicted octanol–water partition coefficient (Wildman–Crippen LogP) is 2.47. The fraction of sp³-hybridized carbons (Fsp3) is 0.0909. The van der Waals surface area contributed by atoms with Gasteiger partial charge in [-0.1, -0.05) is 29.4 Å². The third-order valence-electron chi connectivity index (χ3n) is 2.25. The maximum atomic E-state index is 9.35. The third-order valence-corrected chi connectivity index (χ3v) is 2.25. The van der Waals surface area contributed by atoms with Gasteiger partial charge in [-0.15, -0.1) is 4.73 Å². The molecule has 1 heterocycles. The average Bonchev–Trinajstić information content (AvgIpc) is 2.69. The van der Waals surface area contributed by atoms with Crippen molar-refractivity contribution in [1.82, 2.24) is 4.73 Å². The molecule has 92 valence electrons. The molecule has 0 atom stereocenters. The second kappa shape index (κ2) is 5.03. The summed E-state index contributed by atoms with van der Waals surface area (Å²) in [6, 6.07) is 9.38. The largest absolute Gasteiger partial charge is 0.492 e. The summed E-state index contributed by atoms with van der Waals surface area (Å²) in [4.78, 5) is 7.88. The lowest BCUT2D eigenvalue weighted by atomic mass is 10.2. The van der Waals surface area contributed by atoms with Gasteiger partial charge in [0, 0.05) is 22.7 Å². The van der Waals surface area contributed by atoms with Gasteiger partial charge in [-0.3, -0.25) is 0 Å². The topological polar surface area (TPSA) is 103 Å². The van der Waals surface area contributed by atoms with E-state index in [0.717, 1.165) is 10.3 Å². The van der Waals surface area contributed by atoms with Crippen LogP contribution in [0.5, 0.6) is 11.8 Å². The zero-order chi connectivity index (χ0) is 13.0. The van der Waals surface area contributed by atoms with E-state index in [9.17, 15) is 10.2 Å². The molecule has 7 heteroatoms. The van der Waals surface area contributed by atoms with Crippen LogP contribution < -0.4 is 4.84 Å². The quantitative estimate of drug-likeness (QED) is 0.492. The first kappa shape index (κ1) is 11.7. The number of aromatic nitrogens is 1.